The Bertz CT molecular complexity index is 1060. The average Bonchev–Trinajstić information content (AvgIpc) is 3.01. The largest absolute Gasteiger partial charge is 0.462 e. The highest BCUT2D eigenvalue weighted by Gasteiger charge is 2.38. The molecule has 0 saturated carbocycles. The van der Waals surface area contributed by atoms with Gasteiger partial charge in [-0.1, -0.05) is 36.4 Å². The number of carbonyl (C=O) groups excluding carboxylic acids is 2. The molecule has 1 aliphatic heterocycles. The number of benzene rings is 2. The van der Waals surface area contributed by atoms with Crippen molar-refractivity contribution in [1.29, 1.82) is 0 Å². The van der Waals surface area contributed by atoms with Gasteiger partial charge >= 0.3 is 5.97 Å². The van der Waals surface area contributed by atoms with E-state index in [-0.39, 0.29) is 12.5 Å². The molecule has 0 saturated heterocycles. The van der Waals surface area contributed by atoms with Gasteiger partial charge in [-0.15, -0.1) is 0 Å². The number of ether oxygens (including phenoxy) is 1. The van der Waals surface area contributed by atoms with Gasteiger partial charge in [0.2, 0.25) is 0 Å². The van der Waals surface area contributed by atoms with Gasteiger partial charge in [0.25, 0.3) is 5.91 Å². The zero-order valence-corrected chi connectivity index (χ0v) is 16.3. The van der Waals surface area contributed by atoms with Gasteiger partial charge in [0.05, 0.1) is 17.9 Å². The van der Waals surface area contributed by atoms with Crippen LogP contribution in [0.5, 0.6) is 0 Å². The van der Waals surface area contributed by atoms with E-state index in [1.54, 1.807) is 42.3 Å². The van der Waals surface area contributed by atoms with Crippen LogP contribution in [-0.4, -0.2) is 23.5 Å². The summed E-state index contributed by atoms with van der Waals surface area (Å²) >= 11 is 0. The number of aryl methyl sites for hydroxylation is 1. The third-order valence-electron chi connectivity index (χ3n) is 4.82. The molecule has 2 aromatic carbocycles. The molecule has 2 heterocycles. The summed E-state index contributed by atoms with van der Waals surface area (Å²) in [6.45, 7) is 4.00. The maximum atomic E-state index is 13.2. The first-order valence-corrected chi connectivity index (χ1v) is 9.48. The fraction of sp³-hybridized carbons (Fsp3) is 0.174. The number of anilines is 2. The summed E-state index contributed by atoms with van der Waals surface area (Å²) in [6.07, 6.45) is 1.24. The molecule has 1 N–H and O–H groups in total. The Morgan fingerprint density at radius 2 is 1.86 bits per heavy atom. The van der Waals surface area contributed by atoms with Crippen molar-refractivity contribution in [2.75, 3.05) is 16.8 Å². The lowest BCUT2D eigenvalue weighted by Crippen LogP contribution is -2.33. The smallest absolute Gasteiger partial charge is 0.340 e. The first-order chi connectivity index (χ1) is 14.1. The van der Waals surface area contributed by atoms with E-state index < -0.39 is 12.1 Å². The Morgan fingerprint density at radius 3 is 2.62 bits per heavy atom. The summed E-state index contributed by atoms with van der Waals surface area (Å²) in [5.41, 5.74) is 3.47. The minimum Gasteiger partial charge on any atom is -0.462 e. The third kappa shape index (κ3) is 3.45. The van der Waals surface area contributed by atoms with E-state index in [1.807, 2.05) is 43.3 Å². The third-order valence-corrected chi connectivity index (χ3v) is 4.82. The van der Waals surface area contributed by atoms with Crippen LogP contribution in [0.15, 0.2) is 66.9 Å². The number of nitrogens with zero attached hydrogens (tertiary/aromatic N) is 2. The number of hydrogen-bond acceptors (Lipinski definition) is 5. The van der Waals surface area contributed by atoms with Gasteiger partial charge in [-0.05, 0) is 43.7 Å². The van der Waals surface area contributed by atoms with E-state index in [0.717, 1.165) is 11.1 Å². The molecule has 6 heteroatoms. The lowest BCUT2D eigenvalue weighted by Gasteiger charge is -2.27. The normalized spacial score (nSPS) is 15.2. The molecule has 146 valence electrons. The number of rotatable bonds is 5. The highest BCUT2D eigenvalue weighted by atomic mass is 16.5. The van der Waals surface area contributed by atoms with Crippen molar-refractivity contribution in [2.45, 2.75) is 20.0 Å². The quantitative estimate of drug-likeness (QED) is 0.660. The standard InChI is InChI=1S/C23H21N3O3/c1-3-29-23(28)18-10-6-7-11-19(18)25-21-16-8-4-5-9-17(16)22(27)26(21)20-13-12-15(2)14-24-20/h4-14,21,25H,3H2,1-2H3/t21-/m1/s1. The minimum absolute atomic E-state index is 0.136. The maximum Gasteiger partial charge on any atom is 0.340 e. The summed E-state index contributed by atoms with van der Waals surface area (Å²) < 4.78 is 5.18. The van der Waals surface area contributed by atoms with E-state index in [1.165, 1.54) is 0 Å². The molecule has 4 rings (SSSR count). The number of aromatic nitrogens is 1. The van der Waals surface area contributed by atoms with Crippen molar-refractivity contribution in [3.8, 4) is 0 Å². The van der Waals surface area contributed by atoms with Crippen molar-refractivity contribution < 1.29 is 14.3 Å². The fourth-order valence-electron chi connectivity index (χ4n) is 3.44. The van der Waals surface area contributed by atoms with E-state index in [4.69, 9.17) is 4.74 Å². The van der Waals surface area contributed by atoms with Crippen molar-refractivity contribution in [2.24, 2.45) is 0 Å². The van der Waals surface area contributed by atoms with Gasteiger partial charge < -0.3 is 10.1 Å². The van der Waals surface area contributed by atoms with Crippen LogP contribution in [0.1, 0.15) is 44.9 Å². The van der Waals surface area contributed by atoms with Crippen molar-refractivity contribution in [3.63, 3.8) is 0 Å². The molecule has 1 aliphatic rings. The Hall–Kier alpha value is -3.67. The SMILES string of the molecule is CCOC(=O)c1ccccc1N[C@H]1c2ccccc2C(=O)N1c1ccc(C)cn1. The molecule has 1 aromatic heterocycles. The van der Waals surface area contributed by atoms with E-state index in [2.05, 4.69) is 10.3 Å². The predicted molar refractivity (Wildman–Crippen MR) is 111 cm³/mol. The second-order valence-corrected chi connectivity index (χ2v) is 6.77. The van der Waals surface area contributed by atoms with Crippen LogP contribution in [-0.2, 0) is 4.74 Å². The molecule has 1 amide bonds. The van der Waals surface area contributed by atoms with Gasteiger partial charge in [-0.2, -0.15) is 0 Å². The van der Waals surface area contributed by atoms with Crippen LogP contribution in [0, 0.1) is 6.92 Å². The number of fused-ring (bicyclic) bond motifs is 1. The lowest BCUT2D eigenvalue weighted by atomic mass is 10.1. The number of hydrogen-bond donors (Lipinski definition) is 1. The van der Waals surface area contributed by atoms with E-state index in [0.29, 0.717) is 22.6 Å². The first-order valence-electron chi connectivity index (χ1n) is 9.48. The summed E-state index contributed by atoms with van der Waals surface area (Å²) in [6, 6.07) is 18.3. The highest BCUT2D eigenvalue weighted by Crippen LogP contribution is 2.37. The Balaban J connectivity index is 1.77. The van der Waals surface area contributed by atoms with Crippen molar-refractivity contribution >= 4 is 23.4 Å². The Labute approximate surface area is 169 Å². The van der Waals surface area contributed by atoms with Gasteiger partial charge in [0.15, 0.2) is 0 Å². The topological polar surface area (TPSA) is 71.5 Å². The molecule has 0 bridgehead atoms. The second-order valence-electron chi connectivity index (χ2n) is 6.77. The number of para-hydroxylation sites is 1. The molecular weight excluding hydrogens is 366 g/mol. The summed E-state index contributed by atoms with van der Waals surface area (Å²) in [5.74, 6) is -0.000737. The van der Waals surface area contributed by atoms with Gasteiger partial charge in [-0.25, -0.2) is 9.78 Å². The molecule has 6 nitrogen and oxygen atoms in total. The molecule has 0 aliphatic carbocycles. The monoisotopic (exact) mass is 387 g/mol. The molecule has 3 aromatic rings. The van der Waals surface area contributed by atoms with Crippen LogP contribution in [0.3, 0.4) is 0 Å². The molecule has 0 unspecified atom stereocenters. The average molecular weight is 387 g/mol. The number of carbonyl (C=O) groups is 2. The Morgan fingerprint density at radius 1 is 1.10 bits per heavy atom. The van der Waals surface area contributed by atoms with E-state index >= 15 is 0 Å². The van der Waals surface area contributed by atoms with Crippen molar-refractivity contribution in [3.05, 3.63) is 89.1 Å². The zero-order valence-electron chi connectivity index (χ0n) is 16.3. The van der Waals surface area contributed by atoms with E-state index in [9.17, 15) is 9.59 Å². The van der Waals surface area contributed by atoms with Crippen molar-refractivity contribution in [1.82, 2.24) is 4.98 Å². The number of nitrogens with one attached hydrogen (secondary N) is 1. The molecule has 29 heavy (non-hydrogen) atoms. The molecule has 0 fully saturated rings. The van der Waals surface area contributed by atoms with Gasteiger partial charge in [0, 0.05) is 17.3 Å². The second kappa shape index (κ2) is 7.75. The molecule has 0 spiro atoms. The fourth-order valence-corrected chi connectivity index (χ4v) is 3.44. The van der Waals surface area contributed by atoms with Gasteiger partial charge in [-0.3, -0.25) is 9.69 Å². The zero-order chi connectivity index (χ0) is 20.4. The summed E-state index contributed by atoms with van der Waals surface area (Å²) in [7, 11) is 0. The van der Waals surface area contributed by atoms with Crippen LogP contribution >= 0.6 is 0 Å². The molecule has 1 atom stereocenters. The summed E-state index contributed by atoms with van der Waals surface area (Å²) in [4.78, 5) is 31.6. The number of esters is 1. The minimum atomic E-state index is -0.496. The lowest BCUT2D eigenvalue weighted by molar-refractivity contribution is 0.0527. The maximum absolute atomic E-state index is 13.2. The number of amides is 1. The van der Waals surface area contributed by atoms with Crippen LogP contribution in [0.2, 0.25) is 0 Å². The van der Waals surface area contributed by atoms with Crippen LogP contribution in [0.4, 0.5) is 11.5 Å². The Kier molecular flexibility index (Phi) is 4.99. The highest BCUT2D eigenvalue weighted by molar-refractivity contribution is 6.11. The van der Waals surface area contributed by atoms with Gasteiger partial charge in [0.1, 0.15) is 12.0 Å². The number of pyridine rings is 1. The van der Waals surface area contributed by atoms with Crippen LogP contribution in [0.25, 0.3) is 0 Å². The molecule has 0 radical (unpaired) electrons. The van der Waals surface area contributed by atoms with Crippen LogP contribution < -0.4 is 10.2 Å². The summed E-state index contributed by atoms with van der Waals surface area (Å²) in [5, 5.41) is 3.36. The first kappa shape index (κ1) is 18.7. The molecular formula is C23H21N3O3. The predicted octanol–water partition coefficient (Wildman–Crippen LogP) is 4.34.